The van der Waals surface area contributed by atoms with E-state index in [1.54, 1.807) is 0 Å². The summed E-state index contributed by atoms with van der Waals surface area (Å²) in [7, 11) is 0. The maximum Gasteiger partial charge on any atom is 0.0793 e. The Morgan fingerprint density at radius 2 is 1.87 bits per heavy atom. The molecule has 0 N–H and O–H groups in total. The number of para-hydroxylation sites is 2. The van der Waals surface area contributed by atoms with Crippen LogP contribution >= 0.6 is 0 Å². The third kappa shape index (κ3) is 2.64. The molecule has 2 aliphatic rings. The number of allylic oxidation sites excluding steroid dienone is 5. The minimum absolute atomic E-state index is 0.897. The Hall–Kier alpha value is -3.20. The van der Waals surface area contributed by atoms with Gasteiger partial charge in [0.05, 0.1) is 6.34 Å². The lowest BCUT2D eigenvalue weighted by Crippen LogP contribution is -2.17. The summed E-state index contributed by atoms with van der Waals surface area (Å²) in [6.45, 7) is 0. The van der Waals surface area contributed by atoms with Crippen LogP contribution in [-0.4, -0.2) is 11.0 Å². The summed E-state index contributed by atoms with van der Waals surface area (Å²) in [5.74, 6) is 0.897. The first kappa shape index (κ1) is 13.5. The maximum atomic E-state index is 4.78. The van der Waals surface area contributed by atoms with Gasteiger partial charge < -0.3 is 10.3 Å². The zero-order valence-corrected chi connectivity index (χ0v) is 12.5. The Labute approximate surface area is 136 Å². The molecule has 0 radical (unpaired) electrons. The van der Waals surface area contributed by atoms with E-state index in [-0.39, 0.29) is 0 Å². The van der Waals surface area contributed by atoms with E-state index in [2.05, 4.69) is 35.6 Å². The highest BCUT2D eigenvalue weighted by atomic mass is 15.6. The third-order valence-corrected chi connectivity index (χ3v) is 3.66. The van der Waals surface area contributed by atoms with E-state index >= 15 is 0 Å². The van der Waals surface area contributed by atoms with Crippen molar-refractivity contribution in [2.45, 2.75) is 0 Å². The topological polar surface area (TPSA) is 20.4 Å². The van der Waals surface area contributed by atoms with Crippen molar-refractivity contribution in [3.05, 3.63) is 108 Å². The van der Waals surface area contributed by atoms with Gasteiger partial charge in [0.2, 0.25) is 0 Å². The first-order chi connectivity index (χ1) is 11.4. The lowest BCUT2D eigenvalue weighted by Gasteiger charge is -2.32. The Kier molecular flexibility index (Phi) is 3.45. The summed E-state index contributed by atoms with van der Waals surface area (Å²) >= 11 is 0. The molecule has 0 fully saturated rings. The van der Waals surface area contributed by atoms with Crippen LogP contribution in [0.2, 0.25) is 0 Å². The molecule has 4 rings (SSSR count). The van der Waals surface area contributed by atoms with E-state index < -0.39 is 0 Å². The molecule has 1 aliphatic carbocycles. The number of hydrogen-bond donors (Lipinski definition) is 0. The Balaban J connectivity index is 1.78. The zero-order valence-electron chi connectivity index (χ0n) is 12.5. The largest absolute Gasteiger partial charge is 0.427 e. The van der Waals surface area contributed by atoms with Crippen molar-refractivity contribution in [3.63, 3.8) is 0 Å². The minimum Gasteiger partial charge on any atom is -0.427 e. The molecule has 0 saturated carbocycles. The molecule has 0 aromatic heterocycles. The van der Waals surface area contributed by atoms with Crippen LogP contribution in [0.15, 0.2) is 90.3 Å². The number of benzene rings is 2. The van der Waals surface area contributed by atoms with Crippen LogP contribution in [0.25, 0.3) is 5.43 Å². The van der Waals surface area contributed by atoms with Crippen LogP contribution in [0.4, 0.5) is 11.4 Å². The molecule has 0 spiro atoms. The Bertz CT molecular complexity index is 814. The van der Waals surface area contributed by atoms with Gasteiger partial charge in [0, 0.05) is 5.69 Å². The molecule has 112 valence electrons. The van der Waals surface area contributed by atoms with Crippen molar-refractivity contribution < 1.29 is 4.68 Å². The Morgan fingerprint density at radius 3 is 2.61 bits per heavy atom. The summed E-state index contributed by atoms with van der Waals surface area (Å²) in [5.41, 5.74) is 7.84. The fourth-order valence-corrected chi connectivity index (χ4v) is 2.54. The molecule has 0 amide bonds. The normalized spacial score (nSPS) is 19.3. The quantitative estimate of drug-likeness (QED) is 0.590. The second-order valence-corrected chi connectivity index (χ2v) is 5.20. The molecular formula is C20H15N3-2. The molecule has 23 heavy (non-hydrogen) atoms. The molecule has 1 aliphatic heterocycles. The van der Waals surface area contributed by atoms with Crippen molar-refractivity contribution in [1.82, 2.24) is 0 Å². The third-order valence-electron chi connectivity index (χ3n) is 3.66. The maximum absolute atomic E-state index is 4.78. The van der Waals surface area contributed by atoms with Crippen LogP contribution < -0.4 is 4.90 Å². The molecule has 1 heterocycles. The second kappa shape index (κ2) is 5.89. The van der Waals surface area contributed by atoms with Crippen LogP contribution in [0, 0.1) is 12.5 Å². The monoisotopic (exact) mass is 297 g/mol. The molecule has 2 aromatic carbocycles. The minimum atomic E-state index is 0.897. The molecule has 3 heteroatoms. The van der Waals surface area contributed by atoms with Crippen LogP contribution in [0.3, 0.4) is 0 Å². The van der Waals surface area contributed by atoms with Gasteiger partial charge in [0.25, 0.3) is 0 Å². The average molecular weight is 297 g/mol. The predicted octanol–water partition coefficient (Wildman–Crippen LogP) is 4.51. The van der Waals surface area contributed by atoms with Crippen LogP contribution in [0.5, 0.6) is 0 Å². The lowest BCUT2D eigenvalue weighted by atomic mass is 10.1. The van der Waals surface area contributed by atoms with E-state index in [1.165, 1.54) is 0 Å². The van der Waals surface area contributed by atoms with Gasteiger partial charge in [0.15, 0.2) is 0 Å². The van der Waals surface area contributed by atoms with Gasteiger partial charge in [-0.2, -0.15) is 18.2 Å². The van der Waals surface area contributed by atoms with Gasteiger partial charge in [-0.1, -0.05) is 36.2 Å². The van der Waals surface area contributed by atoms with Crippen molar-refractivity contribution in [2.24, 2.45) is 0 Å². The van der Waals surface area contributed by atoms with Crippen molar-refractivity contribution in [2.75, 3.05) is 4.90 Å². The van der Waals surface area contributed by atoms with Gasteiger partial charge in [-0.3, -0.25) is 4.68 Å². The van der Waals surface area contributed by atoms with Crippen molar-refractivity contribution >= 4 is 17.7 Å². The first-order valence-electron chi connectivity index (χ1n) is 7.51. The zero-order chi connectivity index (χ0) is 15.5. The molecule has 0 unspecified atom stereocenters. The lowest BCUT2D eigenvalue weighted by molar-refractivity contribution is -0.369. The second-order valence-electron chi connectivity index (χ2n) is 5.20. The summed E-state index contributed by atoms with van der Waals surface area (Å²) in [6, 6.07) is 21.3. The van der Waals surface area contributed by atoms with Gasteiger partial charge >= 0.3 is 0 Å². The average Bonchev–Trinajstić information content (AvgIpc) is 3.09. The van der Waals surface area contributed by atoms with Crippen LogP contribution in [-0.2, 0) is 0 Å². The molecule has 3 nitrogen and oxygen atoms in total. The number of hydrogen-bond acceptors (Lipinski definition) is 1. The Morgan fingerprint density at radius 1 is 1.00 bits per heavy atom. The van der Waals surface area contributed by atoms with E-state index in [9.17, 15) is 0 Å². The first-order valence-corrected chi connectivity index (χ1v) is 7.51. The smallest absolute Gasteiger partial charge is 0.0793 e. The summed E-state index contributed by atoms with van der Waals surface area (Å²) in [5, 5.41) is 0. The van der Waals surface area contributed by atoms with E-state index in [0.717, 1.165) is 22.8 Å². The van der Waals surface area contributed by atoms with Crippen molar-refractivity contribution in [1.29, 1.82) is 0 Å². The van der Waals surface area contributed by atoms with Gasteiger partial charge in [-0.15, -0.1) is 48.4 Å². The molecule has 0 saturated heterocycles. The van der Waals surface area contributed by atoms with Gasteiger partial charge in [0.1, 0.15) is 0 Å². The van der Waals surface area contributed by atoms with Gasteiger partial charge in [-0.25, -0.2) is 0 Å². The fourth-order valence-electron chi connectivity index (χ4n) is 2.54. The molecule has 2 aromatic rings. The van der Waals surface area contributed by atoms with Gasteiger partial charge in [-0.05, 0) is 5.69 Å². The van der Waals surface area contributed by atoms with Crippen LogP contribution in [0.1, 0.15) is 0 Å². The summed E-state index contributed by atoms with van der Waals surface area (Å²) in [4.78, 5) is 2.09. The van der Waals surface area contributed by atoms with E-state index in [0.29, 0.717) is 0 Å². The number of rotatable bonds is 2. The molecule has 0 bridgehead atoms. The molecular weight excluding hydrogens is 282 g/mol. The summed E-state index contributed by atoms with van der Waals surface area (Å²) in [6.07, 6.45) is 12.2. The predicted molar refractivity (Wildman–Crippen MR) is 93.1 cm³/mol. The summed E-state index contributed by atoms with van der Waals surface area (Å²) < 4.78 is 1.86. The highest BCUT2D eigenvalue weighted by molar-refractivity contribution is 5.85. The van der Waals surface area contributed by atoms with Crippen molar-refractivity contribution in [3.8, 4) is 0 Å². The van der Waals surface area contributed by atoms with E-state index in [4.69, 9.17) is 5.43 Å². The van der Waals surface area contributed by atoms with E-state index in [1.807, 2.05) is 71.7 Å². The fraction of sp³-hybridized carbons (Fsp3) is 0. The standard InChI is InChI=1S/C20H15N3/c1-4-10-17(11-5-1)20-21-23(19-14-8-3-9-15-19)16-22(20)18-12-6-2-7-13-18/h1-14,16H/q-2. The number of nitrogens with zero attached hydrogens (tertiary/aromatic N) is 3. The number of anilines is 1. The highest BCUT2D eigenvalue weighted by Gasteiger charge is 2.10. The SMILES string of the molecule is [c-]1ccccc1[N+]1=CN(c2ccccc2)/C(=C2/C=CC=C[CH-]2)[N-]1. The molecule has 0 atom stereocenters. The highest BCUT2D eigenvalue weighted by Crippen LogP contribution is 2.33.